The molecule has 3 heteroatoms. The maximum Gasteiger partial charge on any atom is 0.134 e. The van der Waals surface area contributed by atoms with E-state index in [0.717, 1.165) is 10.9 Å². The van der Waals surface area contributed by atoms with Crippen molar-refractivity contribution in [3.8, 4) is 0 Å². The Hall–Kier alpha value is 0.1000. The van der Waals surface area contributed by atoms with Crippen molar-refractivity contribution < 1.29 is 4.79 Å². The van der Waals surface area contributed by atoms with Crippen molar-refractivity contribution in [1.82, 2.24) is 0 Å². The summed E-state index contributed by atoms with van der Waals surface area (Å²) in [5, 5.41) is 0.844. The van der Waals surface area contributed by atoms with Gasteiger partial charge in [0.1, 0.15) is 5.78 Å². The average Bonchev–Trinajstić information content (AvgIpc) is 2.07. The zero-order chi connectivity index (χ0) is 9.84. The molecular weight excluding hydrogens is 343 g/mol. The van der Waals surface area contributed by atoms with Gasteiger partial charge in [-0.05, 0) is 46.7 Å². The van der Waals surface area contributed by atoms with Gasteiger partial charge in [-0.1, -0.05) is 28.1 Å². The zero-order valence-corrected chi connectivity index (χ0v) is 11.1. The molecule has 1 rings (SSSR count). The van der Waals surface area contributed by atoms with Crippen LogP contribution in [0.2, 0.25) is 0 Å². The summed E-state index contributed by atoms with van der Waals surface area (Å²) in [4.78, 5) is 10.9. The molecule has 0 atom stereocenters. The SMILES string of the molecule is CC(=O)Cc1ccc(I)c(CBr)c1. The van der Waals surface area contributed by atoms with E-state index in [4.69, 9.17) is 0 Å². The molecule has 0 bridgehead atoms. The fourth-order valence-corrected chi connectivity index (χ4v) is 2.64. The van der Waals surface area contributed by atoms with E-state index in [1.807, 2.05) is 6.07 Å². The first-order valence-electron chi connectivity index (χ1n) is 3.96. The monoisotopic (exact) mass is 352 g/mol. The van der Waals surface area contributed by atoms with E-state index in [-0.39, 0.29) is 5.78 Å². The molecule has 0 fully saturated rings. The van der Waals surface area contributed by atoms with Crippen molar-refractivity contribution in [3.63, 3.8) is 0 Å². The molecule has 0 aliphatic carbocycles. The Morgan fingerprint density at radius 2 is 2.23 bits per heavy atom. The number of carbonyl (C=O) groups excluding carboxylic acids is 1. The molecule has 0 aliphatic rings. The molecule has 0 N–H and O–H groups in total. The highest BCUT2D eigenvalue weighted by Crippen LogP contribution is 2.17. The summed E-state index contributed by atoms with van der Waals surface area (Å²) in [6, 6.07) is 6.14. The Morgan fingerprint density at radius 3 is 2.77 bits per heavy atom. The minimum absolute atomic E-state index is 0.210. The maximum absolute atomic E-state index is 10.9. The van der Waals surface area contributed by atoms with E-state index in [9.17, 15) is 4.79 Å². The quantitative estimate of drug-likeness (QED) is 0.602. The molecular formula is C10H10BrIO. The predicted molar refractivity (Wildman–Crippen MR) is 66.2 cm³/mol. The highest BCUT2D eigenvalue weighted by molar-refractivity contribution is 14.1. The first kappa shape index (κ1) is 11.2. The highest BCUT2D eigenvalue weighted by atomic mass is 127. The van der Waals surface area contributed by atoms with Gasteiger partial charge in [0.15, 0.2) is 0 Å². The highest BCUT2D eigenvalue weighted by Gasteiger charge is 2.02. The second-order valence-corrected chi connectivity index (χ2v) is 4.66. The number of ketones is 1. The van der Waals surface area contributed by atoms with Crippen molar-refractivity contribution in [2.75, 3.05) is 0 Å². The smallest absolute Gasteiger partial charge is 0.134 e. The van der Waals surface area contributed by atoms with Crippen LogP contribution >= 0.6 is 38.5 Å². The number of hydrogen-bond acceptors (Lipinski definition) is 1. The van der Waals surface area contributed by atoms with Gasteiger partial charge in [0.05, 0.1) is 0 Å². The van der Waals surface area contributed by atoms with Crippen LogP contribution in [0.15, 0.2) is 18.2 Å². The van der Waals surface area contributed by atoms with Gasteiger partial charge in [0, 0.05) is 15.3 Å². The van der Waals surface area contributed by atoms with Gasteiger partial charge >= 0.3 is 0 Å². The summed E-state index contributed by atoms with van der Waals surface area (Å²) in [6.45, 7) is 1.62. The molecule has 0 heterocycles. The Balaban J connectivity index is 2.92. The van der Waals surface area contributed by atoms with Crippen LogP contribution < -0.4 is 0 Å². The number of halogens is 2. The van der Waals surface area contributed by atoms with Crippen molar-refractivity contribution in [2.45, 2.75) is 18.7 Å². The molecule has 0 aliphatic heterocycles. The van der Waals surface area contributed by atoms with Gasteiger partial charge in [0.2, 0.25) is 0 Å². The van der Waals surface area contributed by atoms with Gasteiger partial charge in [-0.15, -0.1) is 0 Å². The zero-order valence-electron chi connectivity index (χ0n) is 7.31. The largest absolute Gasteiger partial charge is 0.300 e. The first-order chi connectivity index (χ1) is 6.13. The van der Waals surface area contributed by atoms with E-state index < -0.39 is 0 Å². The second kappa shape index (κ2) is 5.10. The van der Waals surface area contributed by atoms with Crippen LogP contribution in [0.5, 0.6) is 0 Å². The molecule has 0 amide bonds. The summed E-state index contributed by atoms with van der Waals surface area (Å²) in [5.41, 5.74) is 2.35. The Labute approximate surface area is 100 Å². The molecule has 0 spiro atoms. The lowest BCUT2D eigenvalue weighted by atomic mass is 10.1. The number of benzene rings is 1. The third-order valence-corrected chi connectivity index (χ3v) is 3.36. The lowest BCUT2D eigenvalue weighted by molar-refractivity contribution is -0.116. The van der Waals surface area contributed by atoms with Crippen LogP contribution in [-0.4, -0.2) is 5.78 Å². The fraction of sp³-hybridized carbons (Fsp3) is 0.300. The molecule has 1 aromatic carbocycles. The number of alkyl halides is 1. The predicted octanol–water partition coefficient (Wildman–Crippen LogP) is 3.32. The van der Waals surface area contributed by atoms with Gasteiger partial charge in [-0.25, -0.2) is 0 Å². The van der Waals surface area contributed by atoms with E-state index in [0.29, 0.717) is 6.42 Å². The molecule has 0 aromatic heterocycles. The standard InChI is InChI=1S/C10H10BrIO/c1-7(13)4-8-2-3-10(12)9(5-8)6-11/h2-3,5H,4,6H2,1H3. The molecule has 0 radical (unpaired) electrons. The molecule has 1 nitrogen and oxygen atoms in total. The third-order valence-electron chi connectivity index (χ3n) is 1.71. The summed E-state index contributed by atoms with van der Waals surface area (Å²) >= 11 is 5.71. The van der Waals surface area contributed by atoms with Gasteiger partial charge < -0.3 is 0 Å². The lowest BCUT2D eigenvalue weighted by Gasteiger charge is -2.03. The van der Waals surface area contributed by atoms with Crippen LogP contribution in [0.25, 0.3) is 0 Å². The summed E-state index contributed by atoms with van der Waals surface area (Å²) < 4.78 is 1.24. The van der Waals surface area contributed by atoms with Gasteiger partial charge in [0.25, 0.3) is 0 Å². The first-order valence-corrected chi connectivity index (χ1v) is 6.16. The van der Waals surface area contributed by atoms with E-state index in [1.54, 1.807) is 6.92 Å². The average molecular weight is 353 g/mol. The second-order valence-electron chi connectivity index (χ2n) is 2.94. The maximum atomic E-state index is 10.9. The topological polar surface area (TPSA) is 17.1 Å². The Morgan fingerprint density at radius 1 is 1.54 bits per heavy atom. The van der Waals surface area contributed by atoms with Crippen molar-refractivity contribution >= 4 is 44.3 Å². The Bertz CT molecular complexity index is 323. The summed E-state index contributed by atoms with van der Waals surface area (Å²) in [5.74, 6) is 0.210. The van der Waals surface area contributed by atoms with Crippen molar-refractivity contribution in [3.05, 3.63) is 32.9 Å². The van der Waals surface area contributed by atoms with Crippen LogP contribution in [0.3, 0.4) is 0 Å². The molecule has 1 aromatic rings. The van der Waals surface area contributed by atoms with Crippen LogP contribution in [0.1, 0.15) is 18.1 Å². The summed E-state index contributed by atoms with van der Waals surface area (Å²) in [6.07, 6.45) is 0.539. The van der Waals surface area contributed by atoms with Crippen LogP contribution in [0.4, 0.5) is 0 Å². The molecule has 13 heavy (non-hydrogen) atoms. The lowest BCUT2D eigenvalue weighted by Crippen LogP contribution is -1.97. The van der Waals surface area contributed by atoms with Crippen LogP contribution in [-0.2, 0) is 16.5 Å². The summed E-state index contributed by atoms with van der Waals surface area (Å²) in [7, 11) is 0. The molecule has 0 saturated heterocycles. The molecule has 0 saturated carbocycles. The normalized spacial score (nSPS) is 10.1. The third kappa shape index (κ3) is 3.38. The number of Topliss-reactive ketones (excluding diaryl/α,β-unsaturated/α-hetero) is 1. The van der Waals surface area contributed by atoms with Crippen molar-refractivity contribution in [1.29, 1.82) is 0 Å². The van der Waals surface area contributed by atoms with Crippen molar-refractivity contribution in [2.24, 2.45) is 0 Å². The van der Waals surface area contributed by atoms with E-state index in [1.165, 1.54) is 9.13 Å². The number of carbonyl (C=O) groups is 1. The Kier molecular flexibility index (Phi) is 4.38. The van der Waals surface area contributed by atoms with E-state index >= 15 is 0 Å². The number of hydrogen-bond donors (Lipinski definition) is 0. The fourth-order valence-electron chi connectivity index (χ4n) is 1.13. The minimum Gasteiger partial charge on any atom is -0.300 e. The molecule has 70 valence electrons. The molecule has 0 unspecified atom stereocenters. The van der Waals surface area contributed by atoms with Gasteiger partial charge in [-0.2, -0.15) is 0 Å². The van der Waals surface area contributed by atoms with E-state index in [2.05, 4.69) is 50.7 Å². The van der Waals surface area contributed by atoms with Gasteiger partial charge in [-0.3, -0.25) is 4.79 Å². The van der Waals surface area contributed by atoms with Crippen LogP contribution in [0, 0.1) is 3.57 Å². The minimum atomic E-state index is 0.210. The number of rotatable bonds is 3.